The molecule has 0 saturated heterocycles. The minimum absolute atomic E-state index is 0.357. The average Bonchev–Trinajstić information content (AvgIpc) is 2.14. The van der Waals surface area contributed by atoms with Crippen LogP contribution in [0.25, 0.3) is 0 Å². The molecule has 2 atom stereocenters. The van der Waals surface area contributed by atoms with E-state index >= 15 is 0 Å². The summed E-state index contributed by atoms with van der Waals surface area (Å²) in [6.07, 6.45) is 8.45. The fourth-order valence-corrected chi connectivity index (χ4v) is 1.42. The molecule has 2 unspecified atom stereocenters. The van der Waals surface area contributed by atoms with Crippen LogP contribution in [0.4, 0.5) is 0 Å². The molecule has 0 aliphatic heterocycles. The molecule has 0 radical (unpaired) electrons. The monoisotopic (exact) mass is 128 g/mol. The van der Waals surface area contributed by atoms with Gasteiger partial charge in [0.1, 0.15) is 0 Å². The van der Waals surface area contributed by atoms with Gasteiger partial charge in [-0.3, -0.25) is 0 Å². The summed E-state index contributed by atoms with van der Waals surface area (Å²) in [5, 5.41) is 0.357. The van der Waals surface area contributed by atoms with Crippen LogP contribution in [0.3, 0.4) is 0 Å². The zero-order chi connectivity index (χ0) is 5.98. The Morgan fingerprint density at radius 1 is 1.50 bits per heavy atom. The summed E-state index contributed by atoms with van der Waals surface area (Å²) in [7, 11) is 0. The van der Waals surface area contributed by atoms with E-state index in [9.17, 15) is 0 Å². The van der Waals surface area contributed by atoms with E-state index in [1.165, 1.54) is 0 Å². The van der Waals surface area contributed by atoms with Crippen LogP contribution in [-0.2, 0) is 0 Å². The highest BCUT2D eigenvalue weighted by atomic mass is 35.5. The van der Waals surface area contributed by atoms with Crippen molar-refractivity contribution in [3.8, 4) is 12.3 Å². The molecule has 0 aromatic rings. The Hall–Kier alpha value is -0.150. The number of alkyl halides is 1. The lowest BCUT2D eigenvalue weighted by molar-refractivity contribution is 0.713. The highest BCUT2D eigenvalue weighted by Crippen LogP contribution is 2.28. The Morgan fingerprint density at radius 3 is 2.50 bits per heavy atom. The summed E-state index contributed by atoms with van der Waals surface area (Å²) in [6.45, 7) is 0. The molecule has 0 aromatic heterocycles. The zero-order valence-electron chi connectivity index (χ0n) is 4.73. The van der Waals surface area contributed by atoms with Crippen molar-refractivity contribution in [3.63, 3.8) is 0 Å². The van der Waals surface area contributed by atoms with Crippen LogP contribution in [-0.4, -0.2) is 5.38 Å². The fraction of sp³-hybridized carbons (Fsp3) is 0.714. The molecular formula is C7H9Cl. The molecule has 0 N–H and O–H groups in total. The van der Waals surface area contributed by atoms with E-state index in [0.717, 1.165) is 19.3 Å². The van der Waals surface area contributed by atoms with E-state index in [2.05, 4.69) is 5.92 Å². The van der Waals surface area contributed by atoms with Crippen molar-refractivity contribution < 1.29 is 0 Å². The lowest BCUT2D eigenvalue weighted by Crippen LogP contribution is -1.89. The Kier molecular flexibility index (Phi) is 1.81. The highest BCUT2D eigenvalue weighted by Gasteiger charge is 2.20. The van der Waals surface area contributed by atoms with Gasteiger partial charge in [-0.1, -0.05) is 0 Å². The van der Waals surface area contributed by atoms with Crippen LogP contribution in [0, 0.1) is 18.3 Å². The third-order valence-corrected chi connectivity index (χ3v) is 2.00. The van der Waals surface area contributed by atoms with Crippen molar-refractivity contribution in [1.82, 2.24) is 0 Å². The van der Waals surface area contributed by atoms with Crippen molar-refractivity contribution in [2.75, 3.05) is 0 Å². The first-order valence-electron chi connectivity index (χ1n) is 2.93. The molecule has 44 valence electrons. The van der Waals surface area contributed by atoms with Crippen LogP contribution in [0.5, 0.6) is 0 Å². The molecule has 0 heterocycles. The van der Waals surface area contributed by atoms with Gasteiger partial charge in [0, 0.05) is 11.3 Å². The van der Waals surface area contributed by atoms with Crippen molar-refractivity contribution >= 4 is 11.6 Å². The molecule has 1 rings (SSSR count). The summed E-state index contributed by atoms with van der Waals surface area (Å²) in [6, 6.07) is 0. The molecule has 0 aromatic carbocycles. The summed E-state index contributed by atoms with van der Waals surface area (Å²) in [5.41, 5.74) is 0. The standard InChI is InChI=1S/C7H9Cl/c1-2-6-3-4-7(8)5-6/h1,6-7H,3-5H2. The van der Waals surface area contributed by atoms with E-state index in [1.807, 2.05) is 0 Å². The maximum atomic E-state index is 5.79. The smallest absolute Gasteiger partial charge is 0.0348 e. The first kappa shape index (κ1) is 5.98. The summed E-state index contributed by atoms with van der Waals surface area (Å²) < 4.78 is 0. The number of halogens is 1. The second kappa shape index (κ2) is 2.42. The zero-order valence-corrected chi connectivity index (χ0v) is 5.49. The minimum atomic E-state index is 0.357. The Morgan fingerprint density at radius 2 is 2.25 bits per heavy atom. The molecule has 1 fully saturated rings. The SMILES string of the molecule is C#CC1CCC(Cl)C1. The first-order chi connectivity index (χ1) is 3.83. The van der Waals surface area contributed by atoms with E-state index in [4.69, 9.17) is 18.0 Å². The predicted molar refractivity (Wildman–Crippen MR) is 35.8 cm³/mol. The van der Waals surface area contributed by atoms with Gasteiger partial charge < -0.3 is 0 Å². The van der Waals surface area contributed by atoms with Gasteiger partial charge in [-0.25, -0.2) is 0 Å². The number of hydrogen-bond acceptors (Lipinski definition) is 0. The Bertz CT molecular complexity index is 112. The molecule has 0 bridgehead atoms. The van der Waals surface area contributed by atoms with Crippen LogP contribution in [0.2, 0.25) is 0 Å². The Balaban J connectivity index is 2.35. The molecule has 0 amide bonds. The normalized spacial score (nSPS) is 37.0. The molecular weight excluding hydrogens is 120 g/mol. The average molecular weight is 129 g/mol. The van der Waals surface area contributed by atoms with E-state index in [1.54, 1.807) is 0 Å². The summed E-state index contributed by atoms with van der Waals surface area (Å²) >= 11 is 5.79. The van der Waals surface area contributed by atoms with Crippen molar-refractivity contribution in [3.05, 3.63) is 0 Å². The third kappa shape index (κ3) is 1.17. The van der Waals surface area contributed by atoms with Gasteiger partial charge in [-0.15, -0.1) is 23.9 Å². The lowest BCUT2D eigenvalue weighted by Gasteiger charge is -1.94. The summed E-state index contributed by atoms with van der Waals surface area (Å²) in [4.78, 5) is 0. The van der Waals surface area contributed by atoms with Crippen LogP contribution >= 0.6 is 11.6 Å². The number of terminal acetylenes is 1. The van der Waals surface area contributed by atoms with Crippen LogP contribution in [0.15, 0.2) is 0 Å². The van der Waals surface area contributed by atoms with Gasteiger partial charge >= 0.3 is 0 Å². The van der Waals surface area contributed by atoms with Gasteiger partial charge in [-0.05, 0) is 19.3 Å². The number of hydrogen-bond donors (Lipinski definition) is 0. The van der Waals surface area contributed by atoms with Crippen molar-refractivity contribution in [2.45, 2.75) is 24.6 Å². The van der Waals surface area contributed by atoms with Crippen molar-refractivity contribution in [1.29, 1.82) is 0 Å². The maximum absolute atomic E-state index is 5.79. The minimum Gasteiger partial charge on any atom is -0.123 e. The molecule has 1 aliphatic carbocycles. The van der Waals surface area contributed by atoms with Gasteiger partial charge in [0.05, 0.1) is 0 Å². The molecule has 8 heavy (non-hydrogen) atoms. The second-order valence-electron chi connectivity index (χ2n) is 2.27. The van der Waals surface area contributed by atoms with Gasteiger partial charge in [0.2, 0.25) is 0 Å². The van der Waals surface area contributed by atoms with E-state index in [0.29, 0.717) is 11.3 Å². The number of rotatable bonds is 0. The molecule has 1 saturated carbocycles. The first-order valence-corrected chi connectivity index (χ1v) is 3.36. The highest BCUT2D eigenvalue weighted by molar-refractivity contribution is 6.20. The fourth-order valence-electron chi connectivity index (χ4n) is 1.08. The Labute approximate surface area is 55.2 Å². The van der Waals surface area contributed by atoms with Gasteiger partial charge in [0.15, 0.2) is 0 Å². The van der Waals surface area contributed by atoms with Gasteiger partial charge in [-0.2, -0.15) is 0 Å². The largest absolute Gasteiger partial charge is 0.123 e. The predicted octanol–water partition coefficient (Wildman–Crippen LogP) is 2.03. The second-order valence-corrected chi connectivity index (χ2v) is 2.89. The van der Waals surface area contributed by atoms with Crippen LogP contribution < -0.4 is 0 Å². The van der Waals surface area contributed by atoms with Crippen LogP contribution in [0.1, 0.15) is 19.3 Å². The van der Waals surface area contributed by atoms with Crippen molar-refractivity contribution in [2.24, 2.45) is 5.92 Å². The van der Waals surface area contributed by atoms with E-state index < -0.39 is 0 Å². The maximum Gasteiger partial charge on any atom is 0.0348 e. The molecule has 1 heteroatoms. The topological polar surface area (TPSA) is 0 Å². The van der Waals surface area contributed by atoms with E-state index in [-0.39, 0.29) is 0 Å². The lowest BCUT2D eigenvalue weighted by atomic mass is 10.1. The quantitative estimate of drug-likeness (QED) is 0.346. The molecule has 1 aliphatic rings. The van der Waals surface area contributed by atoms with Gasteiger partial charge in [0.25, 0.3) is 0 Å². The molecule has 0 nitrogen and oxygen atoms in total. The molecule has 0 spiro atoms. The third-order valence-electron chi connectivity index (χ3n) is 1.60. The summed E-state index contributed by atoms with van der Waals surface area (Å²) in [5.74, 6) is 3.18.